The summed E-state index contributed by atoms with van der Waals surface area (Å²) in [5, 5.41) is 32.1. The number of hydrogen-bond donors (Lipinski definition) is 3. The monoisotopic (exact) mass is 406 g/mol. The molecular weight excluding hydrogens is 380 g/mol. The fourth-order valence-corrected chi connectivity index (χ4v) is 7.12. The molecule has 0 saturated heterocycles. The third-order valence-electron chi connectivity index (χ3n) is 8.34. The molecule has 0 unspecified atom stereocenters. The smallest absolute Gasteiger partial charge is 0.194 e. The van der Waals surface area contributed by atoms with Crippen molar-refractivity contribution in [1.82, 2.24) is 0 Å². The number of alkyl halides is 1. The number of ketones is 2. The van der Waals surface area contributed by atoms with Gasteiger partial charge in [-0.25, -0.2) is 0 Å². The molecule has 2 saturated carbocycles. The average molecular weight is 407 g/mol. The van der Waals surface area contributed by atoms with E-state index in [1.165, 1.54) is 0 Å². The van der Waals surface area contributed by atoms with Gasteiger partial charge in [-0.1, -0.05) is 32.6 Å². The molecule has 0 bridgehead atoms. The van der Waals surface area contributed by atoms with Crippen molar-refractivity contribution in [3.05, 3.63) is 36.0 Å². The molecule has 7 atom stereocenters. The molecule has 0 radical (unpaired) electrons. The summed E-state index contributed by atoms with van der Waals surface area (Å²) in [5.41, 5.74) is -2.27. The lowest BCUT2D eigenvalue weighted by Gasteiger charge is -2.62. The number of aliphatic hydroxyl groups is 3. The van der Waals surface area contributed by atoms with Gasteiger partial charge in [0.15, 0.2) is 17.2 Å². The predicted octanol–water partition coefficient (Wildman–Crippen LogP) is 2.09. The molecule has 0 aromatic carbocycles. The van der Waals surface area contributed by atoms with Crippen molar-refractivity contribution in [2.45, 2.75) is 56.1 Å². The van der Waals surface area contributed by atoms with Gasteiger partial charge in [0.1, 0.15) is 6.61 Å². The molecule has 5 nitrogen and oxygen atoms in total. The van der Waals surface area contributed by atoms with Crippen LogP contribution in [-0.4, -0.2) is 50.1 Å². The third kappa shape index (κ3) is 2.03. The Morgan fingerprint density at radius 2 is 2.07 bits per heavy atom. The molecule has 0 spiro atoms. The summed E-state index contributed by atoms with van der Waals surface area (Å²) < 4.78 is 0. The first-order chi connectivity index (χ1) is 13.0. The van der Waals surface area contributed by atoms with Gasteiger partial charge in [0.25, 0.3) is 0 Å². The number of aliphatic hydroxyl groups excluding tert-OH is 2. The molecule has 0 aliphatic heterocycles. The van der Waals surface area contributed by atoms with Crippen molar-refractivity contribution >= 4 is 23.2 Å². The maximum atomic E-state index is 12.5. The number of hydrogen-bond acceptors (Lipinski definition) is 5. The van der Waals surface area contributed by atoms with Crippen LogP contribution in [0.4, 0.5) is 0 Å². The summed E-state index contributed by atoms with van der Waals surface area (Å²) in [6.45, 7) is 6.95. The van der Waals surface area contributed by atoms with Crippen LogP contribution in [0.3, 0.4) is 0 Å². The van der Waals surface area contributed by atoms with Crippen LogP contribution in [0.15, 0.2) is 36.0 Å². The van der Waals surface area contributed by atoms with E-state index in [4.69, 9.17) is 11.6 Å². The zero-order chi connectivity index (χ0) is 20.7. The topological polar surface area (TPSA) is 94.8 Å². The van der Waals surface area contributed by atoms with Crippen LogP contribution in [0.1, 0.15) is 39.5 Å². The van der Waals surface area contributed by atoms with Crippen LogP contribution < -0.4 is 0 Å². The molecule has 0 aromatic rings. The van der Waals surface area contributed by atoms with Gasteiger partial charge < -0.3 is 15.3 Å². The van der Waals surface area contributed by atoms with E-state index in [0.29, 0.717) is 24.8 Å². The molecule has 0 aromatic heterocycles. The Morgan fingerprint density at radius 3 is 2.71 bits per heavy atom. The van der Waals surface area contributed by atoms with E-state index in [2.05, 4.69) is 6.58 Å². The normalized spacial score (nSPS) is 49.9. The molecule has 3 N–H and O–H groups in total. The highest BCUT2D eigenvalue weighted by atomic mass is 35.5. The van der Waals surface area contributed by atoms with Crippen molar-refractivity contribution in [3.63, 3.8) is 0 Å². The lowest BCUT2D eigenvalue weighted by Crippen LogP contribution is -2.68. The fraction of sp³-hybridized carbons (Fsp3) is 0.636. The molecular formula is C22H27ClO5. The standard InChI is InChI=1S/C22H27ClO5/c1-12-8-16-15-5-4-13-9-14(25)6-7-19(13,2)21(15,23)17(26)10-20(16,3)22(12,28)18(27)11-24/h4-5,9,15-17,24,26,28H,1,6-8,10-11H2,2-3H3/t15-,16-,17-,19-,20-,21-,22-/m0/s1. The zero-order valence-electron chi connectivity index (χ0n) is 16.2. The second-order valence-corrected chi connectivity index (χ2v) is 10.0. The fourth-order valence-electron chi connectivity index (χ4n) is 6.61. The molecule has 0 amide bonds. The van der Waals surface area contributed by atoms with Crippen LogP contribution in [0, 0.1) is 22.7 Å². The van der Waals surface area contributed by atoms with E-state index in [1.54, 1.807) is 13.0 Å². The average Bonchev–Trinajstić information content (AvgIpc) is 2.84. The van der Waals surface area contributed by atoms with E-state index in [0.717, 1.165) is 5.57 Å². The number of carbonyl (C=O) groups is 2. The quantitative estimate of drug-likeness (QED) is 0.482. The van der Waals surface area contributed by atoms with Gasteiger partial charge in [-0.15, -0.1) is 11.6 Å². The van der Waals surface area contributed by atoms with Crippen molar-refractivity contribution in [2.75, 3.05) is 6.61 Å². The highest BCUT2D eigenvalue weighted by Crippen LogP contribution is 2.70. The summed E-state index contributed by atoms with van der Waals surface area (Å²) >= 11 is 7.27. The highest BCUT2D eigenvalue weighted by molar-refractivity contribution is 6.26. The van der Waals surface area contributed by atoms with Crippen LogP contribution in [0.2, 0.25) is 0 Å². The largest absolute Gasteiger partial charge is 0.391 e. The molecule has 2 fully saturated rings. The van der Waals surface area contributed by atoms with Crippen molar-refractivity contribution < 1.29 is 24.9 Å². The minimum Gasteiger partial charge on any atom is -0.391 e. The van der Waals surface area contributed by atoms with Crippen molar-refractivity contribution in [2.24, 2.45) is 22.7 Å². The van der Waals surface area contributed by atoms with Gasteiger partial charge in [-0.2, -0.15) is 0 Å². The SMILES string of the molecule is C=C1C[C@H]2[C@@H]3C=CC4=CC(=O)CC[C@]4(C)[C@@]3(Cl)[C@@H](O)C[C@]2(C)[C@@]1(O)C(=O)CO. The predicted molar refractivity (Wildman–Crippen MR) is 105 cm³/mol. The molecule has 28 heavy (non-hydrogen) atoms. The Kier molecular flexibility index (Phi) is 4.20. The zero-order valence-corrected chi connectivity index (χ0v) is 17.0. The van der Waals surface area contributed by atoms with E-state index in [-0.39, 0.29) is 24.0 Å². The number of carbonyl (C=O) groups excluding carboxylic acids is 2. The van der Waals surface area contributed by atoms with Gasteiger partial charge in [0.05, 0.1) is 11.0 Å². The van der Waals surface area contributed by atoms with Gasteiger partial charge in [0, 0.05) is 23.2 Å². The van der Waals surface area contributed by atoms with Crippen molar-refractivity contribution in [3.8, 4) is 0 Å². The van der Waals surface area contributed by atoms with E-state index in [1.807, 2.05) is 19.1 Å². The first-order valence-corrected chi connectivity index (χ1v) is 10.2. The van der Waals surface area contributed by atoms with E-state index >= 15 is 0 Å². The van der Waals surface area contributed by atoms with Crippen LogP contribution in [-0.2, 0) is 9.59 Å². The minimum absolute atomic E-state index is 0.0585. The van der Waals surface area contributed by atoms with Gasteiger partial charge >= 0.3 is 0 Å². The Labute approximate surface area is 169 Å². The van der Waals surface area contributed by atoms with Gasteiger partial charge in [-0.3, -0.25) is 9.59 Å². The first-order valence-electron chi connectivity index (χ1n) is 9.82. The Balaban J connectivity index is 1.88. The van der Waals surface area contributed by atoms with Crippen LogP contribution in [0.25, 0.3) is 0 Å². The second kappa shape index (κ2) is 5.88. The highest BCUT2D eigenvalue weighted by Gasteiger charge is 2.73. The molecule has 0 heterocycles. The molecule has 6 heteroatoms. The third-order valence-corrected chi connectivity index (χ3v) is 9.27. The first kappa shape index (κ1) is 20.0. The summed E-state index contributed by atoms with van der Waals surface area (Å²) in [7, 11) is 0. The number of fused-ring (bicyclic) bond motifs is 5. The number of Topliss-reactive ketones (excluding diaryl/α,β-unsaturated/α-hetero) is 1. The lowest BCUT2D eigenvalue weighted by molar-refractivity contribution is -0.165. The number of halogens is 1. The van der Waals surface area contributed by atoms with Crippen LogP contribution >= 0.6 is 11.6 Å². The van der Waals surface area contributed by atoms with Gasteiger partial charge in [0.2, 0.25) is 0 Å². The van der Waals surface area contributed by atoms with Crippen LogP contribution in [0.5, 0.6) is 0 Å². The summed E-state index contributed by atoms with van der Waals surface area (Å²) in [4.78, 5) is 23.4. The van der Waals surface area contributed by atoms with Gasteiger partial charge in [-0.05, 0) is 42.4 Å². The maximum absolute atomic E-state index is 12.5. The summed E-state index contributed by atoms with van der Waals surface area (Å²) in [6, 6.07) is 0. The summed E-state index contributed by atoms with van der Waals surface area (Å²) in [5.74, 6) is -1.15. The molecule has 4 rings (SSSR count). The van der Waals surface area contributed by atoms with E-state index < -0.39 is 39.8 Å². The number of allylic oxidation sites excluding steroid dienone is 4. The van der Waals surface area contributed by atoms with E-state index in [9.17, 15) is 24.9 Å². The maximum Gasteiger partial charge on any atom is 0.194 e. The molecule has 4 aliphatic carbocycles. The minimum atomic E-state index is -1.89. The number of rotatable bonds is 2. The summed E-state index contributed by atoms with van der Waals surface area (Å²) in [6.07, 6.45) is 5.89. The Hall–Kier alpha value is -1.27. The molecule has 152 valence electrons. The van der Waals surface area contributed by atoms with Crippen molar-refractivity contribution in [1.29, 1.82) is 0 Å². The Bertz CT molecular complexity index is 846. The molecule has 4 aliphatic rings. The second-order valence-electron chi connectivity index (χ2n) is 9.39. The Morgan fingerprint density at radius 1 is 1.39 bits per heavy atom. The lowest BCUT2D eigenvalue weighted by atomic mass is 9.46.